The van der Waals surface area contributed by atoms with Crippen LogP contribution in [0.2, 0.25) is 0 Å². The fourth-order valence-corrected chi connectivity index (χ4v) is 2.05. The maximum atomic E-state index is 11.9. The first-order chi connectivity index (χ1) is 4.58. The Hall–Kier alpha value is -0.110. The second-order valence-electron chi connectivity index (χ2n) is 3.75. The van der Waals surface area contributed by atoms with Crippen LogP contribution in [-0.4, -0.2) is 29.7 Å². The zero-order chi connectivity index (χ0) is 7.78. The highest BCUT2D eigenvalue weighted by Crippen LogP contribution is 2.34. The standard InChI is InChI=1S/C8H16FN/c1-7-6-8(2,3)10(7)5-4-9/h7H,4-6H2,1-3H3. The number of hydrogen-bond donors (Lipinski definition) is 0. The molecule has 1 saturated heterocycles. The zero-order valence-electron chi connectivity index (χ0n) is 7.02. The minimum absolute atomic E-state index is 0.215. The topological polar surface area (TPSA) is 3.24 Å². The average molecular weight is 145 g/mol. The molecular weight excluding hydrogens is 129 g/mol. The van der Waals surface area contributed by atoms with Crippen LogP contribution in [0.5, 0.6) is 0 Å². The Balaban J connectivity index is 2.40. The van der Waals surface area contributed by atoms with Gasteiger partial charge in [0.05, 0.1) is 0 Å². The van der Waals surface area contributed by atoms with Gasteiger partial charge in [-0.05, 0) is 27.2 Å². The van der Waals surface area contributed by atoms with E-state index in [1.54, 1.807) is 0 Å². The van der Waals surface area contributed by atoms with Crippen LogP contribution in [0.3, 0.4) is 0 Å². The van der Waals surface area contributed by atoms with Crippen molar-refractivity contribution in [2.24, 2.45) is 0 Å². The van der Waals surface area contributed by atoms with E-state index in [1.165, 1.54) is 6.42 Å². The van der Waals surface area contributed by atoms with Crippen molar-refractivity contribution in [3.8, 4) is 0 Å². The highest BCUT2D eigenvalue weighted by molar-refractivity contribution is 4.97. The summed E-state index contributed by atoms with van der Waals surface area (Å²) in [6.45, 7) is 6.88. The lowest BCUT2D eigenvalue weighted by Gasteiger charge is -2.53. The van der Waals surface area contributed by atoms with Gasteiger partial charge in [-0.1, -0.05) is 0 Å². The predicted molar refractivity (Wildman–Crippen MR) is 40.8 cm³/mol. The summed E-state index contributed by atoms with van der Waals surface area (Å²) in [6, 6.07) is 0.589. The molecule has 1 nitrogen and oxygen atoms in total. The molecule has 1 rings (SSSR count). The fourth-order valence-electron chi connectivity index (χ4n) is 2.05. The van der Waals surface area contributed by atoms with Crippen molar-refractivity contribution in [3.63, 3.8) is 0 Å². The van der Waals surface area contributed by atoms with E-state index < -0.39 is 0 Å². The van der Waals surface area contributed by atoms with E-state index in [4.69, 9.17) is 0 Å². The molecule has 0 bridgehead atoms. The van der Waals surface area contributed by atoms with Crippen LogP contribution in [0.25, 0.3) is 0 Å². The Morgan fingerprint density at radius 2 is 2.20 bits per heavy atom. The lowest BCUT2D eigenvalue weighted by molar-refractivity contribution is -0.0431. The van der Waals surface area contributed by atoms with E-state index in [9.17, 15) is 4.39 Å². The molecule has 60 valence electrons. The number of nitrogens with zero attached hydrogens (tertiary/aromatic N) is 1. The molecule has 1 unspecified atom stereocenters. The van der Waals surface area contributed by atoms with E-state index in [0.29, 0.717) is 12.6 Å². The molecule has 1 aliphatic heterocycles. The molecule has 0 radical (unpaired) electrons. The summed E-state index contributed by atoms with van der Waals surface area (Å²) in [6.07, 6.45) is 1.20. The van der Waals surface area contributed by atoms with Gasteiger partial charge >= 0.3 is 0 Å². The summed E-state index contributed by atoms with van der Waals surface area (Å²) >= 11 is 0. The van der Waals surface area contributed by atoms with Gasteiger partial charge in [0, 0.05) is 18.1 Å². The molecule has 0 spiro atoms. The largest absolute Gasteiger partial charge is 0.293 e. The Bertz CT molecular complexity index is 122. The summed E-state index contributed by atoms with van der Waals surface area (Å²) in [5.41, 5.74) is 0.255. The average Bonchev–Trinajstić information content (AvgIpc) is 1.82. The lowest BCUT2D eigenvalue weighted by atomic mass is 9.82. The lowest BCUT2D eigenvalue weighted by Crippen LogP contribution is -2.61. The van der Waals surface area contributed by atoms with Gasteiger partial charge in [0.2, 0.25) is 0 Å². The fraction of sp³-hybridized carbons (Fsp3) is 1.00. The van der Waals surface area contributed by atoms with Crippen LogP contribution in [-0.2, 0) is 0 Å². The molecule has 10 heavy (non-hydrogen) atoms. The molecule has 1 heterocycles. The molecule has 2 heteroatoms. The van der Waals surface area contributed by atoms with Gasteiger partial charge in [-0.15, -0.1) is 0 Å². The molecule has 0 aromatic rings. The molecule has 0 N–H and O–H groups in total. The summed E-state index contributed by atoms with van der Waals surface area (Å²) in [5.74, 6) is 0. The van der Waals surface area contributed by atoms with Gasteiger partial charge in [-0.25, -0.2) is 4.39 Å². The van der Waals surface area contributed by atoms with Gasteiger partial charge in [-0.3, -0.25) is 4.90 Å². The molecule has 1 atom stereocenters. The monoisotopic (exact) mass is 145 g/mol. The molecule has 0 aromatic heterocycles. The molecule has 1 aliphatic rings. The van der Waals surface area contributed by atoms with Gasteiger partial charge in [0.1, 0.15) is 6.67 Å². The highest BCUT2D eigenvalue weighted by atomic mass is 19.1. The van der Waals surface area contributed by atoms with Crippen molar-refractivity contribution in [2.45, 2.75) is 38.8 Å². The number of likely N-dealkylation sites (tertiary alicyclic amines) is 1. The van der Waals surface area contributed by atoms with Crippen LogP contribution in [0.4, 0.5) is 4.39 Å². The summed E-state index contributed by atoms with van der Waals surface area (Å²) in [4.78, 5) is 2.22. The molecule has 0 amide bonds. The Kier molecular flexibility index (Phi) is 1.99. The first-order valence-electron chi connectivity index (χ1n) is 3.90. The number of halogens is 1. The van der Waals surface area contributed by atoms with Crippen LogP contribution >= 0.6 is 0 Å². The maximum absolute atomic E-state index is 11.9. The van der Waals surface area contributed by atoms with Crippen LogP contribution in [0, 0.1) is 0 Å². The SMILES string of the molecule is CC1CC(C)(C)N1CCF. The highest BCUT2D eigenvalue weighted by Gasteiger charge is 2.41. The second-order valence-corrected chi connectivity index (χ2v) is 3.75. The van der Waals surface area contributed by atoms with Crippen molar-refractivity contribution < 1.29 is 4.39 Å². The van der Waals surface area contributed by atoms with Gasteiger partial charge in [0.25, 0.3) is 0 Å². The minimum Gasteiger partial charge on any atom is -0.293 e. The third-order valence-corrected chi connectivity index (χ3v) is 2.43. The minimum atomic E-state index is -0.215. The quantitative estimate of drug-likeness (QED) is 0.573. The van der Waals surface area contributed by atoms with E-state index in [1.807, 2.05) is 0 Å². The summed E-state index contributed by atoms with van der Waals surface area (Å²) in [5, 5.41) is 0. The van der Waals surface area contributed by atoms with Gasteiger partial charge in [-0.2, -0.15) is 0 Å². The maximum Gasteiger partial charge on any atom is 0.102 e. The molecule has 1 fully saturated rings. The second kappa shape index (κ2) is 2.50. The van der Waals surface area contributed by atoms with Crippen molar-refractivity contribution >= 4 is 0 Å². The van der Waals surface area contributed by atoms with E-state index in [-0.39, 0.29) is 12.2 Å². The van der Waals surface area contributed by atoms with E-state index >= 15 is 0 Å². The molecule has 0 aromatic carbocycles. The van der Waals surface area contributed by atoms with Crippen LogP contribution in [0.1, 0.15) is 27.2 Å². The zero-order valence-corrected chi connectivity index (χ0v) is 7.02. The number of hydrogen-bond acceptors (Lipinski definition) is 1. The van der Waals surface area contributed by atoms with E-state index in [0.717, 1.165) is 0 Å². The molecule has 0 saturated carbocycles. The first kappa shape index (κ1) is 7.99. The van der Waals surface area contributed by atoms with Crippen LogP contribution < -0.4 is 0 Å². The Morgan fingerprint density at radius 1 is 1.60 bits per heavy atom. The van der Waals surface area contributed by atoms with Crippen molar-refractivity contribution in [1.82, 2.24) is 4.90 Å². The van der Waals surface area contributed by atoms with Crippen molar-refractivity contribution in [2.75, 3.05) is 13.2 Å². The third kappa shape index (κ3) is 1.17. The Labute approximate surface area is 62.2 Å². The smallest absolute Gasteiger partial charge is 0.102 e. The summed E-state index contributed by atoms with van der Waals surface area (Å²) < 4.78 is 11.9. The van der Waals surface area contributed by atoms with Gasteiger partial charge in [0.15, 0.2) is 0 Å². The predicted octanol–water partition coefficient (Wildman–Crippen LogP) is 1.83. The third-order valence-electron chi connectivity index (χ3n) is 2.43. The number of rotatable bonds is 2. The van der Waals surface area contributed by atoms with Crippen molar-refractivity contribution in [1.29, 1.82) is 0 Å². The molecule has 0 aliphatic carbocycles. The van der Waals surface area contributed by atoms with Gasteiger partial charge < -0.3 is 0 Å². The number of alkyl halides is 1. The summed E-state index contributed by atoms with van der Waals surface area (Å²) in [7, 11) is 0. The van der Waals surface area contributed by atoms with Crippen molar-refractivity contribution in [3.05, 3.63) is 0 Å². The normalized spacial score (nSPS) is 31.8. The molecular formula is C8H16FN. The van der Waals surface area contributed by atoms with E-state index in [2.05, 4.69) is 25.7 Å². The van der Waals surface area contributed by atoms with Crippen LogP contribution in [0.15, 0.2) is 0 Å². The first-order valence-corrected chi connectivity index (χ1v) is 3.90. The Morgan fingerprint density at radius 3 is 2.40 bits per heavy atom.